The number of nitriles is 1. The second kappa shape index (κ2) is 8.70. The zero-order valence-electron chi connectivity index (χ0n) is 17.0. The van der Waals surface area contributed by atoms with Crippen molar-refractivity contribution in [2.24, 2.45) is 11.8 Å². The smallest absolute Gasteiger partial charge is 0.260 e. The number of pyridine rings is 1. The third kappa shape index (κ3) is 4.23. The summed E-state index contributed by atoms with van der Waals surface area (Å²) in [5, 5.41) is 9.37. The molecule has 1 saturated carbocycles. The highest BCUT2D eigenvalue weighted by Crippen LogP contribution is 2.41. The molecule has 4 rings (SSSR count). The number of amides is 1. The Morgan fingerprint density at radius 3 is 2.83 bits per heavy atom. The van der Waals surface area contributed by atoms with E-state index in [1.54, 1.807) is 23.2 Å². The molecule has 30 heavy (non-hydrogen) atoms. The van der Waals surface area contributed by atoms with Crippen molar-refractivity contribution in [1.29, 1.82) is 5.26 Å². The first kappa shape index (κ1) is 20.1. The van der Waals surface area contributed by atoms with Gasteiger partial charge < -0.3 is 14.5 Å². The molecule has 1 aliphatic carbocycles. The molecule has 1 aliphatic heterocycles. The summed E-state index contributed by atoms with van der Waals surface area (Å²) in [5.41, 5.74) is 0.607. The molecule has 0 unspecified atom stereocenters. The number of rotatable bonds is 5. The van der Waals surface area contributed by atoms with E-state index < -0.39 is 0 Å². The molecule has 0 bridgehead atoms. The Balaban J connectivity index is 1.33. The van der Waals surface area contributed by atoms with E-state index in [9.17, 15) is 14.4 Å². The molecule has 2 heterocycles. The topological polar surface area (TPSA) is 69.5 Å². The van der Waals surface area contributed by atoms with Crippen molar-refractivity contribution in [3.8, 4) is 11.8 Å². The van der Waals surface area contributed by atoms with Crippen LogP contribution in [0.1, 0.15) is 24.8 Å². The van der Waals surface area contributed by atoms with Crippen molar-refractivity contribution in [3.63, 3.8) is 0 Å². The molecule has 2 aromatic rings. The average Bonchev–Trinajstić information content (AvgIpc) is 3.21. The lowest BCUT2D eigenvalue weighted by molar-refractivity contribution is -0.134. The quantitative estimate of drug-likeness (QED) is 0.760. The summed E-state index contributed by atoms with van der Waals surface area (Å²) >= 11 is 0. The van der Waals surface area contributed by atoms with Gasteiger partial charge >= 0.3 is 0 Å². The molecule has 1 amide bonds. The van der Waals surface area contributed by atoms with E-state index in [1.165, 1.54) is 24.3 Å². The SMILES string of the molecule is CN(C(=O)COc1ccc(F)cc1)[C@H]1C[C@H]2CCN(c3ncccc3C#N)C[C@H]2C1. The van der Waals surface area contributed by atoms with Gasteiger partial charge in [0.15, 0.2) is 6.61 Å². The summed E-state index contributed by atoms with van der Waals surface area (Å²) in [7, 11) is 1.84. The molecule has 0 N–H and O–H groups in total. The number of fused-ring (bicyclic) bond motifs is 1. The first-order valence-corrected chi connectivity index (χ1v) is 10.3. The molecular weight excluding hydrogens is 383 g/mol. The van der Waals surface area contributed by atoms with Crippen molar-refractivity contribution < 1.29 is 13.9 Å². The van der Waals surface area contributed by atoms with Crippen LogP contribution in [0.15, 0.2) is 42.6 Å². The Kier molecular flexibility index (Phi) is 5.84. The van der Waals surface area contributed by atoms with Gasteiger partial charge in [0.25, 0.3) is 5.91 Å². The first-order chi connectivity index (χ1) is 14.5. The summed E-state index contributed by atoms with van der Waals surface area (Å²) in [6.07, 6.45) is 4.70. The van der Waals surface area contributed by atoms with Gasteiger partial charge in [-0.3, -0.25) is 4.79 Å². The molecule has 1 saturated heterocycles. The van der Waals surface area contributed by atoms with Crippen molar-refractivity contribution in [2.45, 2.75) is 25.3 Å². The van der Waals surface area contributed by atoms with Gasteiger partial charge in [0.1, 0.15) is 23.5 Å². The molecule has 0 spiro atoms. The summed E-state index contributed by atoms with van der Waals surface area (Å²) in [4.78, 5) is 21.1. The zero-order chi connectivity index (χ0) is 21.1. The minimum atomic E-state index is -0.332. The fourth-order valence-corrected chi connectivity index (χ4v) is 4.68. The highest BCUT2D eigenvalue weighted by atomic mass is 19.1. The van der Waals surface area contributed by atoms with Gasteiger partial charge in [-0.05, 0) is 67.5 Å². The number of carbonyl (C=O) groups is 1. The lowest BCUT2D eigenvalue weighted by Crippen LogP contribution is -2.39. The second-order valence-electron chi connectivity index (χ2n) is 8.11. The Morgan fingerprint density at radius 1 is 1.30 bits per heavy atom. The summed E-state index contributed by atoms with van der Waals surface area (Å²) in [6.45, 7) is 1.69. The Morgan fingerprint density at radius 2 is 2.07 bits per heavy atom. The number of nitrogens with zero attached hydrogens (tertiary/aromatic N) is 4. The summed E-state index contributed by atoms with van der Waals surface area (Å²) < 4.78 is 18.5. The van der Waals surface area contributed by atoms with Crippen LogP contribution in [0.4, 0.5) is 10.2 Å². The van der Waals surface area contributed by atoms with Crippen molar-refractivity contribution >= 4 is 11.7 Å². The molecule has 2 fully saturated rings. The summed E-state index contributed by atoms with van der Waals surface area (Å²) in [5.74, 6) is 1.90. The molecule has 2 aliphatic rings. The van der Waals surface area contributed by atoms with Crippen molar-refractivity contribution in [3.05, 3.63) is 54.0 Å². The number of carbonyl (C=O) groups excluding carboxylic acids is 1. The maximum Gasteiger partial charge on any atom is 0.260 e. The van der Waals surface area contributed by atoms with Crippen molar-refractivity contribution in [1.82, 2.24) is 9.88 Å². The fourth-order valence-electron chi connectivity index (χ4n) is 4.68. The van der Waals surface area contributed by atoms with E-state index >= 15 is 0 Å². The number of benzene rings is 1. The minimum Gasteiger partial charge on any atom is -0.484 e. The third-order valence-electron chi connectivity index (χ3n) is 6.36. The molecule has 3 atom stereocenters. The molecule has 7 heteroatoms. The van der Waals surface area contributed by atoms with Crippen LogP contribution in [0.3, 0.4) is 0 Å². The van der Waals surface area contributed by atoms with E-state index in [2.05, 4.69) is 16.0 Å². The number of hydrogen-bond donors (Lipinski definition) is 0. The van der Waals surface area contributed by atoms with E-state index in [4.69, 9.17) is 4.74 Å². The van der Waals surface area contributed by atoms with Crippen LogP contribution in [-0.4, -0.2) is 48.6 Å². The highest BCUT2D eigenvalue weighted by molar-refractivity contribution is 5.77. The van der Waals surface area contributed by atoms with Crippen LogP contribution in [-0.2, 0) is 4.79 Å². The first-order valence-electron chi connectivity index (χ1n) is 10.3. The van der Waals surface area contributed by atoms with E-state index in [-0.39, 0.29) is 24.4 Å². The number of halogens is 1. The van der Waals surface area contributed by atoms with Crippen molar-refractivity contribution in [2.75, 3.05) is 31.6 Å². The third-order valence-corrected chi connectivity index (χ3v) is 6.36. The number of hydrogen-bond acceptors (Lipinski definition) is 5. The highest BCUT2D eigenvalue weighted by Gasteiger charge is 2.41. The molecule has 1 aromatic heterocycles. The van der Waals surface area contributed by atoms with E-state index in [0.717, 1.165) is 38.2 Å². The van der Waals surface area contributed by atoms with Crippen LogP contribution in [0.5, 0.6) is 5.75 Å². The maximum absolute atomic E-state index is 13.0. The number of aromatic nitrogens is 1. The number of ether oxygens (including phenoxy) is 1. The molecule has 6 nitrogen and oxygen atoms in total. The number of anilines is 1. The lowest BCUT2D eigenvalue weighted by atomic mass is 9.88. The van der Waals surface area contributed by atoms with Gasteiger partial charge in [-0.25, -0.2) is 9.37 Å². The zero-order valence-corrected chi connectivity index (χ0v) is 17.0. The minimum absolute atomic E-state index is 0.0560. The summed E-state index contributed by atoms with van der Waals surface area (Å²) in [6, 6.07) is 11.7. The average molecular weight is 408 g/mol. The van der Waals surface area contributed by atoms with E-state index in [0.29, 0.717) is 23.1 Å². The van der Waals surface area contributed by atoms with Crippen LogP contribution < -0.4 is 9.64 Å². The Hall–Kier alpha value is -3.14. The molecule has 156 valence electrons. The van der Waals surface area contributed by atoms with Gasteiger partial charge in [0.2, 0.25) is 0 Å². The van der Waals surface area contributed by atoms with Gasteiger partial charge in [0, 0.05) is 32.4 Å². The largest absolute Gasteiger partial charge is 0.484 e. The molecule has 1 aromatic carbocycles. The number of piperidine rings is 1. The van der Waals surface area contributed by atoms with Gasteiger partial charge in [0.05, 0.1) is 5.56 Å². The van der Waals surface area contributed by atoms with Crippen LogP contribution in [0, 0.1) is 29.0 Å². The maximum atomic E-state index is 13.0. The van der Waals surface area contributed by atoms with Gasteiger partial charge in [-0.15, -0.1) is 0 Å². The predicted molar refractivity (Wildman–Crippen MR) is 110 cm³/mol. The Bertz CT molecular complexity index is 943. The van der Waals surface area contributed by atoms with E-state index in [1.807, 2.05) is 7.05 Å². The lowest BCUT2D eigenvalue weighted by Gasteiger charge is -2.36. The molecule has 0 radical (unpaired) electrons. The monoisotopic (exact) mass is 408 g/mol. The van der Waals surface area contributed by atoms with Crippen LogP contribution >= 0.6 is 0 Å². The van der Waals surface area contributed by atoms with Crippen LogP contribution in [0.2, 0.25) is 0 Å². The van der Waals surface area contributed by atoms with Crippen LogP contribution in [0.25, 0.3) is 0 Å². The second-order valence-corrected chi connectivity index (χ2v) is 8.11. The van der Waals surface area contributed by atoms with Gasteiger partial charge in [-0.1, -0.05) is 0 Å². The Labute approximate surface area is 175 Å². The normalized spacial score (nSPS) is 22.8. The predicted octanol–water partition coefficient (Wildman–Crippen LogP) is 3.23. The molecular formula is C23H25FN4O2. The van der Waals surface area contributed by atoms with Gasteiger partial charge in [-0.2, -0.15) is 5.26 Å². The standard InChI is InChI=1S/C23H25FN4O2/c1-27(22(29)15-30-21-6-4-19(24)5-7-21)20-11-16-8-10-28(14-18(16)12-20)23-17(13-25)3-2-9-26-23/h2-7,9,16,18,20H,8,10-12,14-15H2,1H3/t16-,18-,20+/m1/s1. The number of likely N-dealkylation sites (N-methyl/N-ethyl adjacent to an activating group) is 1. The fraction of sp³-hybridized carbons (Fsp3) is 0.435.